The second kappa shape index (κ2) is 9.60. The fourth-order valence-electron chi connectivity index (χ4n) is 3.76. The third-order valence-electron chi connectivity index (χ3n) is 5.29. The number of alkyl halides is 3. The fraction of sp³-hybridized carbons (Fsp3) is 0.579. The maximum absolute atomic E-state index is 10.6. The predicted molar refractivity (Wildman–Crippen MR) is 104 cm³/mol. The van der Waals surface area contributed by atoms with Crippen molar-refractivity contribution < 1.29 is 27.8 Å². The first-order valence-corrected chi connectivity index (χ1v) is 9.83. The Morgan fingerprint density at radius 2 is 2.06 bits per heavy atom. The summed E-state index contributed by atoms with van der Waals surface area (Å²) < 4.78 is 39.8. The number of carboxylic acid groups (broad SMARTS) is 1. The number of carboxylic acids is 1. The minimum Gasteiger partial charge on any atom is -0.475 e. The first-order valence-electron chi connectivity index (χ1n) is 9.83. The molecule has 2 saturated heterocycles. The lowest BCUT2D eigenvalue weighted by atomic mass is 9.87. The number of ether oxygens (including phenoxy) is 1. The van der Waals surface area contributed by atoms with E-state index in [1.807, 2.05) is 17.9 Å². The van der Waals surface area contributed by atoms with Gasteiger partial charge in [0.05, 0.1) is 30.1 Å². The molecule has 0 aromatic carbocycles. The lowest BCUT2D eigenvalue weighted by Gasteiger charge is -2.38. The molecule has 0 amide bonds. The van der Waals surface area contributed by atoms with E-state index in [-0.39, 0.29) is 5.60 Å². The summed E-state index contributed by atoms with van der Waals surface area (Å²) >= 11 is 0. The number of carbonyl (C=O) groups is 1. The third kappa shape index (κ3) is 6.62. The standard InChI is InChI=1S/C17H24N6O.C2HF3O2/c1-22-7-2-14(21-22)12-23-8-3-17(4-9-23)10-15(13-24-17)20-16-11-18-5-6-19-16;3-2(4,5)1(6)7/h2,5-7,11,15H,3-4,8-10,12-13H2,1H3,(H,19,20);(H,6,7). The van der Waals surface area contributed by atoms with E-state index in [9.17, 15) is 13.2 Å². The SMILES string of the molecule is Cn1ccc(CN2CCC3(CC2)CC(Nc2cnccn2)CO3)n1.O=C(O)C(F)(F)F. The van der Waals surface area contributed by atoms with Gasteiger partial charge in [-0.15, -0.1) is 0 Å². The Morgan fingerprint density at radius 3 is 2.61 bits per heavy atom. The molecule has 170 valence electrons. The molecule has 1 atom stereocenters. The molecule has 1 spiro atoms. The van der Waals surface area contributed by atoms with Crippen LogP contribution in [-0.4, -0.2) is 73.2 Å². The van der Waals surface area contributed by atoms with Crippen molar-refractivity contribution in [1.29, 1.82) is 0 Å². The summed E-state index contributed by atoms with van der Waals surface area (Å²) in [6.45, 7) is 3.80. The Balaban J connectivity index is 0.000000339. The molecule has 2 fully saturated rings. The quantitative estimate of drug-likeness (QED) is 0.742. The van der Waals surface area contributed by atoms with Gasteiger partial charge in [0.2, 0.25) is 0 Å². The zero-order chi connectivity index (χ0) is 22.5. The lowest BCUT2D eigenvalue weighted by molar-refractivity contribution is -0.192. The summed E-state index contributed by atoms with van der Waals surface area (Å²) in [6, 6.07) is 2.42. The van der Waals surface area contributed by atoms with Gasteiger partial charge in [0.1, 0.15) is 5.82 Å². The summed E-state index contributed by atoms with van der Waals surface area (Å²) in [5.74, 6) is -1.93. The molecule has 2 aliphatic rings. The second-order valence-corrected chi connectivity index (χ2v) is 7.69. The van der Waals surface area contributed by atoms with Crippen molar-refractivity contribution in [1.82, 2.24) is 24.6 Å². The van der Waals surface area contributed by atoms with E-state index >= 15 is 0 Å². The van der Waals surface area contributed by atoms with Gasteiger partial charge in [-0.25, -0.2) is 9.78 Å². The Labute approximate surface area is 177 Å². The van der Waals surface area contributed by atoms with Crippen LogP contribution in [0.25, 0.3) is 0 Å². The minimum absolute atomic E-state index is 0.0283. The van der Waals surface area contributed by atoms with E-state index in [0.717, 1.165) is 57.0 Å². The molecule has 2 aliphatic heterocycles. The van der Waals surface area contributed by atoms with Crippen LogP contribution in [0.3, 0.4) is 0 Å². The maximum atomic E-state index is 10.6. The number of halogens is 3. The van der Waals surface area contributed by atoms with Crippen LogP contribution in [0.1, 0.15) is 25.0 Å². The van der Waals surface area contributed by atoms with E-state index in [1.165, 1.54) is 0 Å². The fourth-order valence-corrected chi connectivity index (χ4v) is 3.76. The number of aromatic nitrogens is 4. The van der Waals surface area contributed by atoms with Crippen LogP contribution in [0.2, 0.25) is 0 Å². The smallest absolute Gasteiger partial charge is 0.475 e. The van der Waals surface area contributed by atoms with Crippen molar-refractivity contribution in [2.45, 2.75) is 43.6 Å². The van der Waals surface area contributed by atoms with Crippen LogP contribution < -0.4 is 5.32 Å². The van der Waals surface area contributed by atoms with Crippen molar-refractivity contribution in [3.8, 4) is 0 Å². The number of hydrogen-bond donors (Lipinski definition) is 2. The summed E-state index contributed by atoms with van der Waals surface area (Å²) in [5.41, 5.74) is 1.17. The van der Waals surface area contributed by atoms with Crippen LogP contribution in [0.5, 0.6) is 0 Å². The minimum atomic E-state index is -5.08. The molecule has 0 bridgehead atoms. The first-order chi connectivity index (χ1) is 14.7. The molecule has 0 radical (unpaired) electrons. The molecule has 31 heavy (non-hydrogen) atoms. The maximum Gasteiger partial charge on any atom is 0.490 e. The molecule has 9 nitrogen and oxygen atoms in total. The van der Waals surface area contributed by atoms with Gasteiger partial charge < -0.3 is 15.2 Å². The highest BCUT2D eigenvalue weighted by atomic mass is 19.4. The molecule has 12 heteroatoms. The number of rotatable bonds is 4. The molecule has 2 N–H and O–H groups in total. The number of aryl methyl sites for hydroxylation is 1. The molecular weight excluding hydrogens is 417 g/mol. The second-order valence-electron chi connectivity index (χ2n) is 7.69. The van der Waals surface area contributed by atoms with Crippen molar-refractivity contribution in [2.24, 2.45) is 7.05 Å². The van der Waals surface area contributed by atoms with E-state index in [2.05, 4.69) is 31.3 Å². The Bertz CT molecular complexity index is 853. The Kier molecular flexibility index (Phi) is 7.11. The Morgan fingerprint density at radius 1 is 1.35 bits per heavy atom. The van der Waals surface area contributed by atoms with Crippen LogP contribution in [-0.2, 0) is 23.1 Å². The number of anilines is 1. The van der Waals surface area contributed by atoms with Gasteiger partial charge in [0, 0.05) is 45.3 Å². The number of likely N-dealkylation sites (tertiary alicyclic amines) is 1. The summed E-state index contributed by atoms with van der Waals surface area (Å²) in [4.78, 5) is 19.8. The molecule has 1 unspecified atom stereocenters. The van der Waals surface area contributed by atoms with E-state index in [1.54, 1.807) is 18.6 Å². The molecule has 0 aliphatic carbocycles. The lowest BCUT2D eigenvalue weighted by Crippen LogP contribution is -2.44. The van der Waals surface area contributed by atoms with Gasteiger partial charge in [-0.3, -0.25) is 14.6 Å². The van der Waals surface area contributed by atoms with Gasteiger partial charge in [-0.05, 0) is 25.3 Å². The van der Waals surface area contributed by atoms with Crippen LogP contribution in [0, 0.1) is 0 Å². The average Bonchev–Trinajstić information content (AvgIpc) is 3.30. The summed E-state index contributed by atoms with van der Waals surface area (Å²) in [7, 11) is 1.96. The molecular formula is C19H25F3N6O3. The number of hydrogen-bond acceptors (Lipinski definition) is 7. The average molecular weight is 442 g/mol. The van der Waals surface area contributed by atoms with Crippen LogP contribution >= 0.6 is 0 Å². The zero-order valence-electron chi connectivity index (χ0n) is 17.0. The summed E-state index contributed by atoms with van der Waals surface area (Å²) in [5, 5.41) is 15.0. The van der Waals surface area contributed by atoms with Gasteiger partial charge in [-0.2, -0.15) is 18.3 Å². The molecule has 2 aromatic heterocycles. The van der Waals surface area contributed by atoms with Gasteiger partial charge in [-0.1, -0.05) is 0 Å². The number of piperidine rings is 1. The Hall–Kier alpha value is -2.73. The van der Waals surface area contributed by atoms with E-state index in [4.69, 9.17) is 14.6 Å². The van der Waals surface area contributed by atoms with Crippen molar-refractivity contribution in [2.75, 3.05) is 25.0 Å². The monoisotopic (exact) mass is 442 g/mol. The highest BCUT2D eigenvalue weighted by molar-refractivity contribution is 5.73. The predicted octanol–water partition coefficient (Wildman–Crippen LogP) is 2.08. The van der Waals surface area contributed by atoms with Crippen molar-refractivity contribution in [3.63, 3.8) is 0 Å². The van der Waals surface area contributed by atoms with Gasteiger partial charge in [0.15, 0.2) is 0 Å². The van der Waals surface area contributed by atoms with Crippen molar-refractivity contribution >= 4 is 11.8 Å². The van der Waals surface area contributed by atoms with Crippen LogP contribution in [0.4, 0.5) is 19.0 Å². The van der Waals surface area contributed by atoms with Gasteiger partial charge in [0.25, 0.3) is 0 Å². The third-order valence-corrected chi connectivity index (χ3v) is 5.29. The highest BCUT2D eigenvalue weighted by Crippen LogP contribution is 2.37. The zero-order valence-corrected chi connectivity index (χ0v) is 17.0. The van der Waals surface area contributed by atoms with E-state index in [0.29, 0.717) is 6.04 Å². The van der Waals surface area contributed by atoms with E-state index < -0.39 is 12.1 Å². The molecule has 0 saturated carbocycles. The summed E-state index contributed by atoms with van der Waals surface area (Å²) in [6.07, 6.45) is 5.29. The normalized spacial score (nSPS) is 20.8. The highest BCUT2D eigenvalue weighted by Gasteiger charge is 2.42. The largest absolute Gasteiger partial charge is 0.490 e. The van der Waals surface area contributed by atoms with Crippen LogP contribution in [0.15, 0.2) is 30.9 Å². The topological polar surface area (TPSA) is 105 Å². The number of nitrogens with one attached hydrogen (secondary N) is 1. The molecule has 2 aromatic rings. The first kappa shape index (κ1) is 22.9. The van der Waals surface area contributed by atoms with Gasteiger partial charge >= 0.3 is 12.1 Å². The molecule has 4 rings (SSSR count). The number of nitrogens with zero attached hydrogens (tertiary/aromatic N) is 5. The molecule has 4 heterocycles. The number of aliphatic carboxylic acids is 1. The van der Waals surface area contributed by atoms with Crippen molar-refractivity contribution in [3.05, 3.63) is 36.5 Å².